The molecule has 2 aromatic carbocycles. The molecule has 5 heteroatoms. The Bertz CT molecular complexity index is 669. The molecule has 0 spiro atoms. The number of para-hydroxylation sites is 1. The standard InChI is InChI=1S/C20H24N2O3/c23-19(10-6-1-2-7-11-20(24)22-25)16-12-14-18(15-13-16)21-17-8-4-3-5-9-17/h3-5,8-9,12-15,21,25H,1-2,6-7,10-11H2,(H,22,24). The van der Waals surface area contributed by atoms with Crippen LogP contribution in [-0.2, 0) is 4.79 Å². The van der Waals surface area contributed by atoms with E-state index in [9.17, 15) is 9.59 Å². The van der Waals surface area contributed by atoms with E-state index < -0.39 is 0 Å². The summed E-state index contributed by atoms with van der Waals surface area (Å²) >= 11 is 0. The van der Waals surface area contributed by atoms with Gasteiger partial charge in [-0.15, -0.1) is 0 Å². The number of ketones is 1. The summed E-state index contributed by atoms with van der Waals surface area (Å²) in [7, 11) is 0. The Balaban J connectivity index is 1.70. The van der Waals surface area contributed by atoms with Crippen molar-refractivity contribution in [2.75, 3.05) is 5.32 Å². The number of hydrogen-bond acceptors (Lipinski definition) is 4. The smallest absolute Gasteiger partial charge is 0.243 e. The van der Waals surface area contributed by atoms with Crippen molar-refractivity contribution in [3.63, 3.8) is 0 Å². The van der Waals surface area contributed by atoms with Gasteiger partial charge in [0.25, 0.3) is 0 Å². The summed E-state index contributed by atoms with van der Waals surface area (Å²) in [5, 5.41) is 11.7. The third-order valence-electron chi connectivity index (χ3n) is 3.95. The van der Waals surface area contributed by atoms with Gasteiger partial charge in [-0.2, -0.15) is 0 Å². The van der Waals surface area contributed by atoms with Gasteiger partial charge in [0, 0.05) is 29.8 Å². The molecule has 0 aliphatic rings. The molecule has 132 valence electrons. The first-order valence-corrected chi connectivity index (χ1v) is 8.57. The lowest BCUT2D eigenvalue weighted by atomic mass is 10.0. The zero-order valence-electron chi connectivity index (χ0n) is 14.2. The van der Waals surface area contributed by atoms with Gasteiger partial charge in [0.2, 0.25) is 5.91 Å². The van der Waals surface area contributed by atoms with Crippen molar-refractivity contribution in [2.24, 2.45) is 0 Å². The van der Waals surface area contributed by atoms with E-state index in [1.54, 1.807) is 5.48 Å². The van der Waals surface area contributed by atoms with Crippen LogP contribution >= 0.6 is 0 Å². The normalized spacial score (nSPS) is 10.3. The average molecular weight is 340 g/mol. The highest BCUT2D eigenvalue weighted by Gasteiger charge is 2.06. The summed E-state index contributed by atoms with van der Waals surface area (Å²) in [5.41, 5.74) is 4.30. The Morgan fingerprint density at radius 3 is 2.00 bits per heavy atom. The van der Waals surface area contributed by atoms with Crippen LogP contribution in [0.1, 0.15) is 48.9 Å². The SMILES string of the molecule is O=C(CCCCCCC(=O)c1ccc(Nc2ccccc2)cc1)NO. The Morgan fingerprint density at radius 1 is 0.760 bits per heavy atom. The van der Waals surface area contributed by atoms with Crippen LogP contribution in [0.3, 0.4) is 0 Å². The third-order valence-corrected chi connectivity index (χ3v) is 3.95. The van der Waals surface area contributed by atoms with Crippen LogP contribution < -0.4 is 10.8 Å². The minimum absolute atomic E-state index is 0.138. The highest BCUT2D eigenvalue weighted by molar-refractivity contribution is 5.96. The fourth-order valence-corrected chi connectivity index (χ4v) is 2.55. The second-order valence-electron chi connectivity index (χ2n) is 5.94. The lowest BCUT2D eigenvalue weighted by Gasteiger charge is -2.07. The van der Waals surface area contributed by atoms with E-state index >= 15 is 0 Å². The first kappa shape index (κ1) is 18.7. The van der Waals surface area contributed by atoms with Gasteiger partial charge in [0.15, 0.2) is 5.78 Å². The summed E-state index contributed by atoms with van der Waals surface area (Å²) in [5.74, 6) is -0.223. The number of nitrogens with one attached hydrogen (secondary N) is 2. The van der Waals surface area contributed by atoms with Crippen LogP contribution in [0.25, 0.3) is 0 Å². The molecule has 1 amide bonds. The van der Waals surface area contributed by atoms with Crippen LogP contribution in [0.4, 0.5) is 11.4 Å². The van der Waals surface area contributed by atoms with E-state index in [1.165, 1.54) is 0 Å². The summed E-state index contributed by atoms with van der Waals surface area (Å²) < 4.78 is 0. The fraction of sp³-hybridized carbons (Fsp3) is 0.300. The third kappa shape index (κ3) is 6.77. The maximum atomic E-state index is 12.2. The van der Waals surface area contributed by atoms with E-state index in [0.717, 1.165) is 42.6 Å². The zero-order chi connectivity index (χ0) is 17.9. The van der Waals surface area contributed by atoms with E-state index in [1.807, 2.05) is 54.6 Å². The molecule has 2 aromatic rings. The van der Waals surface area contributed by atoms with Gasteiger partial charge < -0.3 is 5.32 Å². The van der Waals surface area contributed by atoms with Crippen LogP contribution in [0.2, 0.25) is 0 Å². The predicted octanol–water partition coefficient (Wildman–Crippen LogP) is 4.46. The Labute approximate surface area is 148 Å². The molecule has 0 saturated carbocycles. The van der Waals surface area contributed by atoms with Crippen molar-refractivity contribution in [1.82, 2.24) is 5.48 Å². The molecule has 0 fully saturated rings. The topological polar surface area (TPSA) is 78.4 Å². The molecule has 0 saturated heterocycles. The van der Waals surface area contributed by atoms with E-state index in [-0.39, 0.29) is 11.7 Å². The van der Waals surface area contributed by atoms with Crippen LogP contribution in [-0.4, -0.2) is 16.9 Å². The van der Waals surface area contributed by atoms with Gasteiger partial charge in [-0.25, -0.2) is 5.48 Å². The summed E-state index contributed by atoms with van der Waals surface area (Å²) in [4.78, 5) is 23.0. The number of anilines is 2. The van der Waals surface area contributed by atoms with Gasteiger partial charge in [0.05, 0.1) is 0 Å². The molecule has 0 aliphatic carbocycles. The van der Waals surface area contributed by atoms with Gasteiger partial charge in [-0.1, -0.05) is 31.0 Å². The van der Waals surface area contributed by atoms with Gasteiger partial charge in [-0.3, -0.25) is 14.8 Å². The zero-order valence-corrected chi connectivity index (χ0v) is 14.2. The molecular formula is C20H24N2O3. The highest BCUT2D eigenvalue weighted by atomic mass is 16.5. The Hall–Kier alpha value is -2.66. The van der Waals surface area contributed by atoms with Crippen molar-refractivity contribution in [2.45, 2.75) is 38.5 Å². The number of hydrogen-bond donors (Lipinski definition) is 3. The number of rotatable bonds is 10. The van der Waals surface area contributed by atoms with Crippen molar-refractivity contribution in [3.05, 3.63) is 60.2 Å². The van der Waals surface area contributed by atoms with Crippen molar-refractivity contribution in [3.8, 4) is 0 Å². The molecule has 25 heavy (non-hydrogen) atoms. The van der Waals surface area contributed by atoms with Crippen LogP contribution in [0.15, 0.2) is 54.6 Å². The maximum absolute atomic E-state index is 12.2. The fourth-order valence-electron chi connectivity index (χ4n) is 2.55. The molecule has 3 N–H and O–H groups in total. The van der Waals surface area contributed by atoms with Crippen molar-refractivity contribution < 1.29 is 14.8 Å². The molecule has 2 rings (SSSR count). The predicted molar refractivity (Wildman–Crippen MR) is 98.1 cm³/mol. The molecule has 0 aromatic heterocycles. The Morgan fingerprint density at radius 2 is 1.36 bits per heavy atom. The largest absolute Gasteiger partial charge is 0.356 e. The number of carbonyl (C=O) groups is 2. The van der Waals surface area contributed by atoms with Crippen molar-refractivity contribution >= 4 is 23.1 Å². The molecule has 0 radical (unpaired) electrons. The lowest BCUT2D eigenvalue weighted by Crippen LogP contribution is -2.17. The van der Waals surface area contributed by atoms with E-state index in [2.05, 4.69) is 5.32 Å². The van der Waals surface area contributed by atoms with E-state index in [0.29, 0.717) is 12.8 Å². The van der Waals surface area contributed by atoms with Crippen LogP contribution in [0, 0.1) is 0 Å². The summed E-state index contributed by atoms with van der Waals surface area (Å²) in [6.07, 6.45) is 4.14. The minimum Gasteiger partial charge on any atom is -0.356 e. The molecule has 0 heterocycles. The monoisotopic (exact) mass is 340 g/mol. The number of hydroxylamine groups is 1. The molecule has 5 nitrogen and oxygen atoms in total. The lowest BCUT2D eigenvalue weighted by molar-refractivity contribution is -0.129. The number of benzene rings is 2. The average Bonchev–Trinajstić information content (AvgIpc) is 2.65. The number of carbonyl (C=O) groups excluding carboxylic acids is 2. The van der Waals surface area contributed by atoms with Gasteiger partial charge in [-0.05, 0) is 49.2 Å². The maximum Gasteiger partial charge on any atom is 0.243 e. The summed E-state index contributed by atoms with van der Waals surface area (Å²) in [6, 6.07) is 17.4. The van der Waals surface area contributed by atoms with Gasteiger partial charge in [0.1, 0.15) is 0 Å². The molecule has 0 unspecified atom stereocenters. The first-order valence-electron chi connectivity index (χ1n) is 8.57. The molecule has 0 bridgehead atoms. The molecular weight excluding hydrogens is 316 g/mol. The number of Topliss-reactive ketones (excluding diaryl/α,β-unsaturated/α-hetero) is 1. The quantitative estimate of drug-likeness (QED) is 0.258. The Kier molecular flexibility index (Phi) is 7.66. The second kappa shape index (κ2) is 10.3. The molecule has 0 aliphatic heterocycles. The number of unbranched alkanes of at least 4 members (excludes halogenated alkanes) is 3. The molecule has 0 atom stereocenters. The minimum atomic E-state index is -0.361. The number of amides is 1. The highest BCUT2D eigenvalue weighted by Crippen LogP contribution is 2.18. The van der Waals surface area contributed by atoms with Crippen LogP contribution in [0.5, 0.6) is 0 Å². The van der Waals surface area contributed by atoms with Gasteiger partial charge >= 0.3 is 0 Å². The first-order chi connectivity index (χ1) is 12.2. The summed E-state index contributed by atoms with van der Waals surface area (Å²) in [6.45, 7) is 0. The second-order valence-corrected chi connectivity index (χ2v) is 5.94. The van der Waals surface area contributed by atoms with Crippen molar-refractivity contribution in [1.29, 1.82) is 0 Å². The van der Waals surface area contributed by atoms with E-state index in [4.69, 9.17) is 5.21 Å².